The molecule has 3 rings (SSSR count). The van der Waals surface area contributed by atoms with Gasteiger partial charge in [-0.2, -0.15) is 0 Å². The van der Waals surface area contributed by atoms with Crippen LogP contribution in [0.25, 0.3) is 0 Å². The van der Waals surface area contributed by atoms with Crippen LogP contribution in [0.2, 0.25) is 5.02 Å². The topological polar surface area (TPSA) is 45.2 Å². The highest BCUT2D eigenvalue weighted by Gasteiger charge is 2.36. The average Bonchev–Trinajstić information content (AvgIpc) is 2.83. The van der Waals surface area contributed by atoms with Gasteiger partial charge in [-0.25, -0.2) is 0 Å². The van der Waals surface area contributed by atoms with Crippen molar-refractivity contribution >= 4 is 17.5 Å². The standard InChI is InChI=1S/C14H18ClN3O/c15-11-4-6-16-9-10(11)14(19)17-12-5-8-18-7-2-1-3-13(12)18/h4,6,9,12-13H,1-3,5,7-8H2,(H,17,19). The van der Waals surface area contributed by atoms with Gasteiger partial charge in [0.15, 0.2) is 0 Å². The highest BCUT2D eigenvalue weighted by Crippen LogP contribution is 2.27. The Morgan fingerprint density at radius 2 is 2.26 bits per heavy atom. The van der Waals surface area contributed by atoms with Crippen molar-refractivity contribution in [1.29, 1.82) is 0 Å². The molecule has 0 radical (unpaired) electrons. The summed E-state index contributed by atoms with van der Waals surface area (Å²) in [7, 11) is 0. The maximum Gasteiger partial charge on any atom is 0.254 e. The predicted octanol–water partition coefficient (Wildman–Crippen LogP) is 2.09. The summed E-state index contributed by atoms with van der Waals surface area (Å²) < 4.78 is 0. The normalized spacial score (nSPS) is 27.0. The van der Waals surface area contributed by atoms with Crippen molar-refractivity contribution in [1.82, 2.24) is 15.2 Å². The number of halogens is 1. The van der Waals surface area contributed by atoms with E-state index in [4.69, 9.17) is 11.6 Å². The molecule has 2 fully saturated rings. The number of piperidine rings is 1. The Morgan fingerprint density at radius 3 is 3.11 bits per heavy atom. The molecule has 0 bridgehead atoms. The summed E-state index contributed by atoms with van der Waals surface area (Å²) in [5.74, 6) is -0.101. The van der Waals surface area contributed by atoms with Crippen molar-refractivity contribution in [3.8, 4) is 0 Å². The van der Waals surface area contributed by atoms with Gasteiger partial charge < -0.3 is 5.32 Å². The Morgan fingerprint density at radius 1 is 1.37 bits per heavy atom. The molecule has 19 heavy (non-hydrogen) atoms. The Hall–Kier alpha value is -1.13. The number of rotatable bonds is 2. The number of amides is 1. The van der Waals surface area contributed by atoms with Crippen molar-refractivity contribution in [3.05, 3.63) is 29.0 Å². The van der Waals surface area contributed by atoms with E-state index in [9.17, 15) is 4.79 Å². The van der Waals surface area contributed by atoms with Crippen molar-refractivity contribution in [2.75, 3.05) is 13.1 Å². The maximum atomic E-state index is 12.2. The third-order valence-electron chi connectivity index (χ3n) is 4.18. The van der Waals surface area contributed by atoms with Crippen LogP contribution in [-0.2, 0) is 0 Å². The van der Waals surface area contributed by atoms with Crippen molar-refractivity contribution < 1.29 is 4.79 Å². The lowest BCUT2D eigenvalue weighted by Crippen LogP contribution is -2.46. The van der Waals surface area contributed by atoms with Crippen LogP contribution in [0.3, 0.4) is 0 Å². The zero-order valence-electron chi connectivity index (χ0n) is 10.8. The van der Waals surface area contributed by atoms with Crippen molar-refractivity contribution in [2.24, 2.45) is 0 Å². The molecule has 1 N–H and O–H groups in total. The minimum atomic E-state index is -0.101. The summed E-state index contributed by atoms with van der Waals surface area (Å²) in [6, 6.07) is 2.41. The number of carbonyl (C=O) groups excluding carboxylic acids is 1. The van der Waals surface area contributed by atoms with Gasteiger partial charge in [0.2, 0.25) is 0 Å². The number of nitrogens with zero attached hydrogens (tertiary/aromatic N) is 2. The van der Waals surface area contributed by atoms with Crippen LogP contribution in [0.1, 0.15) is 36.0 Å². The predicted molar refractivity (Wildman–Crippen MR) is 74.3 cm³/mol. The molecular formula is C14H18ClN3O. The summed E-state index contributed by atoms with van der Waals surface area (Å²) in [4.78, 5) is 18.7. The summed E-state index contributed by atoms with van der Waals surface area (Å²) in [5, 5.41) is 3.59. The van der Waals surface area contributed by atoms with Crippen LogP contribution in [0, 0.1) is 0 Å². The molecule has 0 saturated carbocycles. The molecule has 0 aliphatic carbocycles. The largest absolute Gasteiger partial charge is 0.348 e. The van der Waals surface area contributed by atoms with E-state index in [0.29, 0.717) is 16.6 Å². The van der Waals surface area contributed by atoms with Crippen LogP contribution < -0.4 is 5.32 Å². The zero-order chi connectivity index (χ0) is 13.2. The molecule has 3 heterocycles. The van der Waals surface area contributed by atoms with Gasteiger partial charge in [0.05, 0.1) is 10.6 Å². The second-order valence-electron chi connectivity index (χ2n) is 5.32. The fourth-order valence-corrected chi connectivity index (χ4v) is 3.40. The van der Waals surface area contributed by atoms with Gasteiger partial charge in [0.1, 0.15) is 0 Å². The molecule has 1 aromatic heterocycles. The van der Waals surface area contributed by atoms with E-state index in [-0.39, 0.29) is 11.9 Å². The van der Waals surface area contributed by atoms with Crippen LogP contribution in [0.4, 0.5) is 0 Å². The Kier molecular flexibility index (Phi) is 3.71. The van der Waals surface area contributed by atoms with E-state index in [2.05, 4.69) is 15.2 Å². The van der Waals surface area contributed by atoms with Gasteiger partial charge in [-0.3, -0.25) is 14.7 Å². The number of pyridine rings is 1. The average molecular weight is 280 g/mol. The molecule has 1 aromatic rings. The van der Waals surface area contributed by atoms with Crippen LogP contribution in [0.15, 0.2) is 18.5 Å². The number of hydrogen-bond donors (Lipinski definition) is 1. The van der Waals surface area contributed by atoms with Gasteiger partial charge in [-0.1, -0.05) is 18.0 Å². The first kappa shape index (κ1) is 12.9. The minimum absolute atomic E-state index is 0.101. The maximum absolute atomic E-state index is 12.2. The van der Waals surface area contributed by atoms with E-state index in [1.807, 2.05) is 0 Å². The lowest BCUT2D eigenvalue weighted by atomic mass is 9.99. The summed E-state index contributed by atoms with van der Waals surface area (Å²) in [5.41, 5.74) is 0.471. The SMILES string of the molecule is O=C(NC1CCN2CCCCC12)c1cnccc1Cl. The Labute approximate surface area is 118 Å². The van der Waals surface area contributed by atoms with Gasteiger partial charge in [-0.05, 0) is 31.9 Å². The molecule has 2 aliphatic heterocycles. The fourth-order valence-electron chi connectivity index (χ4n) is 3.21. The number of carbonyl (C=O) groups is 1. The second-order valence-corrected chi connectivity index (χ2v) is 5.73. The van der Waals surface area contributed by atoms with Gasteiger partial charge in [-0.15, -0.1) is 0 Å². The summed E-state index contributed by atoms with van der Waals surface area (Å²) in [6.45, 7) is 2.26. The minimum Gasteiger partial charge on any atom is -0.348 e. The number of fused-ring (bicyclic) bond motifs is 1. The van der Waals surface area contributed by atoms with Crippen LogP contribution in [0.5, 0.6) is 0 Å². The lowest BCUT2D eigenvalue weighted by Gasteiger charge is -2.32. The van der Waals surface area contributed by atoms with Crippen molar-refractivity contribution in [3.63, 3.8) is 0 Å². The van der Waals surface area contributed by atoms with Crippen LogP contribution in [-0.4, -0.2) is 41.0 Å². The fraction of sp³-hybridized carbons (Fsp3) is 0.571. The molecule has 2 saturated heterocycles. The first-order chi connectivity index (χ1) is 9.25. The van der Waals surface area contributed by atoms with E-state index in [0.717, 1.165) is 13.0 Å². The number of hydrogen-bond acceptors (Lipinski definition) is 3. The number of nitrogens with one attached hydrogen (secondary N) is 1. The van der Waals surface area contributed by atoms with Gasteiger partial charge in [0.25, 0.3) is 5.91 Å². The third kappa shape index (κ3) is 2.60. The van der Waals surface area contributed by atoms with Gasteiger partial charge >= 0.3 is 0 Å². The number of aromatic nitrogens is 1. The second kappa shape index (κ2) is 5.47. The lowest BCUT2D eigenvalue weighted by molar-refractivity contribution is 0.0915. The Balaban J connectivity index is 1.68. The smallest absolute Gasteiger partial charge is 0.254 e. The van der Waals surface area contributed by atoms with E-state index < -0.39 is 0 Å². The molecule has 5 heteroatoms. The summed E-state index contributed by atoms with van der Waals surface area (Å²) >= 11 is 6.03. The van der Waals surface area contributed by atoms with E-state index >= 15 is 0 Å². The van der Waals surface area contributed by atoms with E-state index in [1.54, 1.807) is 12.3 Å². The monoisotopic (exact) mass is 279 g/mol. The quantitative estimate of drug-likeness (QED) is 0.902. The molecule has 1 amide bonds. The zero-order valence-corrected chi connectivity index (χ0v) is 11.6. The molecule has 0 aromatic carbocycles. The highest BCUT2D eigenvalue weighted by atomic mass is 35.5. The molecular weight excluding hydrogens is 262 g/mol. The first-order valence-electron chi connectivity index (χ1n) is 6.90. The third-order valence-corrected chi connectivity index (χ3v) is 4.51. The summed E-state index contributed by atoms with van der Waals surface area (Å²) in [6.07, 6.45) is 7.90. The molecule has 2 atom stereocenters. The highest BCUT2D eigenvalue weighted by molar-refractivity contribution is 6.33. The van der Waals surface area contributed by atoms with Gasteiger partial charge in [0, 0.05) is 31.0 Å². The molecule has 102 valence electrons. The Bertz CT molecular complexity index is 480. The first-order valence-corrected chi connectivity index (χ1v) is 7.28. The van der Waals surface area contributed by atoms with Crippen LogP contribution >= 0.6 is 11.6 Å². The molecule has 4 nitrogen and oxygen atoms in total. The molecule has 2 aliphatic rings. The van der Waals surface area contributed by atoms with E-state index in [1.165, 1.54) is 32.0 Å². The molecule has 0 spiro atoms. The molecule has 2 unspecified atom stereocenters. The van der Waals surface area contributed by atoms with Crippen molar-refractivity contribution in [2.45, 2.75) is 37.8 Å².